The van der Waals surface area contributed by atoms with Crippen molar-refractivity contribution in [1.82, 2.24) is 0 Å². The van der Waals surface area contributed by atoms with Crippen LogP contribution in [0.1, 0.15) is 145 Å². The van der Waals surface area contributed by atoms with Gasteiger partial charge < -0.3 is 0 Å². The maximum absolute atomic E-state index is 3.44. The molecule has 2 unspecified atom stereocenters. The Labute approximate surface area is 224 Å². The first-order valence-electron chi connectivity index (χ1n) is 14.3. The van der Waals surface area contributed by atoms with Crippen LogP contribution in [0.4, 0.5) is 0 Å². The van der Waals surface area contributed by atoms with Gasteiger partial charge in [0.2, 0.25) is 0 Å². The normalized spacial score (nSPS) is 19.9. The number of allylic oxidation sites excluding steroid dienone is 2. The molecule has 0 saturated carbocycles. The Bertz CT molecular complexity index is 1240. The predicted octanol–water partition coefficient (Wildman–Crippen LogP) is 10.1. The zero-order valence-corrected chi connectivity index (χ0v) is 29.0. The maximum atomic E-state index is 2.77. The average Bonchev–Trinajstić information content (AvgIpc) is 3.27. The fourth-order valence-corrected chi connectivity index (χ4v) is 29.5. The zero-order valence-electron chi connectivity index (χ0n) is 25.1. The van der Waals surface area contributed by atoms with Crippen LogP contribution in [0.2, 0.25) is 9.26 Å². The van der Waals surface area contributed by atoms with E-state index in [-0.39, 0.29) is 0 Å². The summed E-state index contributed by atoms with van der Waals surface area (Å²) >= 11 is -3.44. The summed E-state index contributed by atoms with van der Waals surface area (Å²) in [6.07, 6.45) is 5.18. The first-order valence-corrected chi connectivity index (χ1v) is 28.0. The molecule has 0 aliphatic heterocycles. The van der Waals surface area contributed by atoms with E-state index < -0.39 is 17.4 Å². The summed E-state index contributed by atoms with van der Waals surface area (Å²) in [5.41, 5.74) is 15.9. The van der Waals surface area contributed by atoms with Crippen molar-refractivity contribution in [2.75, 3.05) is 0 Å². The number of hydrogen-bond acceptors (Lipinski definition) is 0. The van der Waals surface area contributed by atoms with Crippen LogP contribution in [0.15, 0.2) is 35.4 Å². The number of benzene rings is 2. The summed E-state index contributed by atoms with van der Waals surface area (Å²) in [4.78, 5) is 0. The second-order valence-corrected chi connectivity index (χ2v) is 44.8. The fraction of sp³-hybridized carbons (Fsp3) is 0.529. The van der Waals surface area contributed by atoms with E-state index >= 15 is 0 Å². The molecule has 36 heavy (non-hydrogen) atoms. The van der Waals surface area contributed by atoms with Crippen LogP contribution in [0.3, 0.4) is 0 Å². The third-order valence-electron chi connectivity index (χ3n) is 9.28. The Hall–Kier alpha value is -0.980. The van der Waals surface area contributed by atoms with Crippen molar-refractivity contribution in [2.45, 2.75) is 109 Å². The molecule has 4 rings (SSSR count). The second-order valence-electron chi connectivity index (χ2n) is 14.3. The topological polar surface area (TPSA) is 0 Å². The van der Waals surface area contributed by atoms with E-state index in [0.29, 0.717) is 30.9 Å². The molecule has 0 spiro atoms. The molecular weight excluding hydrogens is 528 g/mol. The molecule has 2 aromatic carbocycles. The molecule has 0 nitrogen and oxygen atoms in total. The van der Waals surface area contributed by atoms with Gasteiger partial charge in [-0.15, -0.1) is 0 Å². The van der Waals surface area contributed by atoms with Crippen molar-refractivity contribution in [3.8, 4) is 0 Å². The van der Waals surface area contributed by atoms with E-state index in [9.17, 15) is 0 Å². The van der Waals surface area contributed by atoms with Gasteiger partial charge >= 0.3 is 226 Å². The molecule has 2 aromatic rings. The minimum absolute atomic E-state index is 0.547. The SMILES string of the molecule is CC1=Cc2c(ccc(C(C)C)c2C(C)C)[CH]1[Zr]([CH3])([CH3])(=[SiH2])[CH]1C(C)=Cc2c1ccc(C(C)C)c2C(C)C. The van der Waals surface area contributed by atoms with Crippen molar-refractivity contribution < 1.29 is 17.4 Å². The Kier molecular flexibility index (Phi) is 7.27. The van der Waals surface area contributed by atoms with Crippen molar-refractivity contribution in [3.05, 3.63) is 79.9 Å². The average molecular weight is 578 g/mol. The molecule has 0 aromatic heterocycles. The quantitative estimate of drug-likeness (QED) is 0.300. The molecule has 2 heteroatoms. The number of hydrogen-bond donors (Lipinski definition) is 0. The van der Waals surface area contributed by atoms with Crippen molar-refractivity contribution >= 4 is 19.0 Å². The zero-order chi connectivity index (χ0) is 26.9. The molecule has 0 radical (unpaired) electrons. The molecule has 0 amide bonds. The Balaban J connectivity index is 1.95. The van der Waals surface area contributed by atoms with Crippen molar-refractivity contribution in [1.29, 1.82) is 0 Å². The van der Waals surface area contributed by atoms with Gasteiger partial charge in [0.05, 0.1) is 0 Å². The van der Waals surface area contributed by atoms with Gasteiger partial charge in [-0.3, -0.25) is 0 Å². The van der Waals surface area contributed by atoms with Crippen LogP contribution in [-0.2, 0) is 17.4 Å². The van der Waals surface area contributed by atoms with E-state index in [1.165, 1.54) is 0 Å². The van der Waals surface area contributed by atoms with Crippen LogP contribution < -0.4 is 0 Å². The summed E-state index contributed by atoms with van der Waals surface area (Å²) in [5, 5.41) is 0. The molecule has 0 N–H and O–H groups in total. The van der Waals surface area contributed by atoms with Crippen LogP contribution in [0.5, 0.6) is 0 Å². The van der Waals surface area contributed by atoms with Gasteiger partial charge in [0.1, 0.15) is 0 Å². The Morgan fingerprint density at radius 3 is 1.19 bits per heavy atom. The molecule has 2 aliphatic carbocycles. The standard InChI is InChI=1S/2C16H21.2CH3.H2Si.Zr/c2*1-10(2)14-7-6-13-8-12(5)9-15(13)16(14)11(3)4;;;;/h2*6-11H,1-5H3;2*1H3;1H2;. The summed E-state index contributed by atoms with van der Waals surface area (Å²) in [6, 6.07) is 10.0. The number of rotatable bonds is 6. The molecule has 194 valence electrons. The minimum atomic E-state index is -3.44. The first kappa shape index (κ1) is 28.0. The number of fused-ring (bicyclic) bond motifs is 2. The molecule has 0 heterocycles. The van der Waals surface area contributed by atoms with Gasteiger partial charge in [-0.2, -0.15) is 0 Å². The van der Waals surface area contributed by atoms with Gasteiger partial charge in [-0.1, -0.05) is 0 Å². The van der Waals surface area contributed by atoms with Gasteiger partial charge in [-0.05, 0) is 0 Å². The second kappa shape index (κ2) is 9.34. The monoisotopic (exact) mass is 576 g/mol. The van der Waals surface area contributed by atoms with E-state index in [0.717, 1.165) is 0 Å². The molecule has 0 saturated heterocycles. The van der Waals surface area contributed by atoms with Gasteiger partial charge in [-0.25, -0.2) is 0 Å². The van der Waals surface area contributed by atoms with Crippen LogP contribution in [0, 0.1) is 0 Å². The summed E-state index contributed by atoms with van der Waals surface area (Å²) in [6.45, 7) is 26.3. The molecule has 2 atom stereocenters. The third kappa shape index (κ3) is 4.27. The Morgan fingerprint density at radius 1 is 0.583 bits per heavy atom. The van der Waals surface area contributed by atoms with E-state index in [1.807, 2.05) is 0 Å². The van der Waals surface area contributed by atoms with E-state index in [2.05, 4.69) is 122 Å². The van der Waals surface area contributed by atoms with Gasteiger partial charge in [0.25, 0.3) is 0 Å². The van der Waals surface area contributed by atoms with Gasteiger partial charge in [0.15, 0.2) is 0 Å². The predicted molar refractivity (Wildman–Crippen MR) is 162 cm³/mol. The summed E-state index contributed by atoms with van der Waals surface area (Å²) < 4.78 is 6.74. The Morgan fingerprint density at radius 2 is 0.917 bits per heavy atom. The van der Waals surface area contributed by atoms with E-state index in [4.69, 9.17) is 0 Å². The van der Waals surface area contributed by atoms with Crippen LogP contribution in [0.25, 0.3) is 12.2 Å². The summed E-state index contributed by atoms with van der Waals surface area (Å²) in [7, 11) is 0. The first-order chi connectivity index (χ1) is 16.6. The van der Waals surface area contributed by atoms with Gasteiger partial charge in [0, 0.05) is 0 Å². The molecule has 0 bridgehead atoms. The van der Waals surface area contributed by atoms with Crippen molar-refractivity contribution in [2.24, 2.45) is 0 Å². The molecule has 2 aliphatic rings. The van der Waals surface area contributed by atoms with Crippen molar-refractivity contribution in [3.63, 3.8) is 0 Å². The fourth-order valence-electron chi connectivity index (χ4n) is 8.26. The molecule has 0 fully saturated rings. The third-order valence-corrected chi connectivity index (χ3v) is 27.2. The van der Waals surface area contributed by atoms with Crippen LogP contribution in [-0.4, -0.2) is 6.88 Å². The molecular formula is C34H50SiZr. The summed E-state index contributed by atoms with van der Waals surface area (Å²) in [5.74, 6) is 2.22. The van der Waals surface area contributed by atoms with E-state index in [1.54, 1.807) is 55.7 Å². The van der Waals surface area contributed by atoms with Crippen LogP contribution >= 0.6 is 0 Å².